The molecule has 6 nitrogen and oxygen atoms in total. The Balaban J connectivity index is 1.54. The number of rotatable bonds is 7. The third-order valence-electron chi connectivity index (χ3n) is 3.59. The fraction of sp³-hybridized carbons (Fsp3) is 0.0500. The van der Waals surface area contributed by atoms with E-state index in [2.05, 4.69) is 10.5 Å². The Morgan fingerprint density at radius 2 is 1.77 bits per heavy atom. The van der Waals surface area contributed by atoms with Crippen LogP contribution in [-0.4, -0.2) is 11.1 Å². The quantitative estimate of drug-likeness (QED) is 0.384. The molecule has 3 rings (SSSR count). The molecule has 0 unspecified atom stereocenters. The molecule has 0 fully saturated rings. The van der Waals surface area contributed by atoms with E-state index in [0.29, 0.717) is 12.3 Å². The number of hydrazone groups is 1. The van der Waals surface area contributed by atoms with E-state index < -0.39 is 4.92 Å². The summed E-state index contributed by atoms with van der Waals surface area (Å²) in [5.74, 6) is 0.776. The van der Waals surface area contributed by atoms with Gasteiger partial charge in [0.2, 0.25) is 0 Å². The van der Waals surface area contributed by atoms with Gasteiger partial charge >= 0.3 is 0 Å². The van der Waals surface area contributed by atoms with Crippen molar-refractivity contribution in [2.75, 3.05) is 5.43 Å². The van der Waals surface area contributed by atoms with Crippen LogP contribution in [0.5, 0.6) is 5.75 Å². The maximum Gasteiger partial charge on any atom is 0.271 e. The van der Waals surface area contributed by atoms with Crippen LogP contribution in [0, 0.1) is 10.1 Å². The lowest BCUT2D eigenvalue weighted by atomic mass is 10.2. The molecule has 0 bridgehead atoms. The minimum Gasteiger partial charge on any atom is -0.489 e. The largest absolute Gasteiger partial charge is 0.489 e. The smallest absolute Gasteiger partial charge is 0.271 e. The molecule has 0 heterocycles. The van der Waals surface area contributed by atoms with Gasteiger partial charge in [-0.2, -0.15) is 5.10 Å². The number of nitrogens with one attached hydrogen (secondary N) is 1. The molecule has 0 atom stereocenters. The molecule has 1 N–H and O–H groups in total. The van der Waals surface area contributed by atoms with Crippen molar-refractivity contribution in [1.82, 2.24) is 0 Å². The van der Waals surface area contributed by atoms with Gasteiger partial charge in [0.05, 0.1) is 16.8 Å². The van der Waals surface area contributed by atoms with Gasteiger partial charge in [0.25, 0.3) is 5.69 Å². The average molecular weight is 347 g/mol. The molecular formula is C20H17N3O3. The summed E-state index contributed by atoms with van der Waals surface area (Å²) in [5, 5.41) is 14.8. The van der Waals surface area contributed by atoms with Crippen LogP contribution in [0.2, 0.25) is 0 Å². The topological polar surface area (TPSA) is 76.8 Å². The summed E-state index contributed by atoms with van der Waals surface area (Å²) in [6.45, 7) is 0.516. The van der Waals surface area contributed by atoms with Crippen molar-refractivity contribution in [2.24, 2.45) is 5.10 Å². The highest BCUT2D eigenvalue weighted by Crippen LogP contribution is 2.17. The van der Waals surface area contributed by atoms with Gasteiger partial charge in [-0.15, -0.1) is 0 Å². The first kappa shape index (κ1) is 17.2. The standard InChI is InChI=1S/C20H17N3O3/c24-23(25)19-8-4-7-18(13-19)22-21-14-16-9-11-20(12-10-16)26-15-17-5-2-1-3-6-17/h1-14,22H,15H2/b21-14-. The van der Waals surface area contributed by atoms with Crippen LogP contribution in [0.15, 0.2) is 84.0 Å². The van der Waals surface area contributed by atoms with Crippen molar-refractivity contribution in [3.63, 3.8) is 0 Å². The summed E-state index contributed by atoms with van der Waals surface area (Å²) in [5.41, 5.74) is 5.35. The maximum absolute atomic E-state index is 10.8. The van der Waals surface area contributed by atoms with E-state index in [1.807, 2.05) is 54.6 Å². The molecule has 0 aliphatic carbocycles. The van der Waals surface area contributed by atoms with Gasteiger partial charge in [0, 0.05) is 12.1 Å². The summed E-state index contributed by atoms with van der Waals surface area (Å²) < 4.78 is 5.73. The lowest BCUT2D eigenvalue weighted by Gasteiger charge is -2.06. The Kier molecular flexibility index (Phi) is 5.57. The highest BCUT2D eigenvalue weighted by molar-refractivity contribution is 5.80. The van der Waals surface area contributed by atoms with Crippen LogP contribution >= 0.6 is 0 Å². The molecule has 3 aromatic carbocycles. The highest BCUT2D eigenvalue weighted by Gasteiger charge is 2.04. The zero-order chi connectivity index (χ0) is 18.2. The normalized spacial score (nSPS) is 10.6. The number of nitrogens with zero attached hydrogens (tertiary/aromatic N) is 2. The Morgan fingerprint density at radius 3 is 2.50 bits per heavy atom. The summed E-state index contributed by atoms with van der Waals surface area (Å²) >= 11 is 0. The van der Waals surface area contributed by atoms with Gasteiger partial charge in [-0.1, -0.05) is 36.4 Å². The van der Waals surface area contributed by atoms with Crippen molar-refractivity contribution >= 4 is 17.6 Å². The lowest BCUT2D eigenvalue weighted by molar-refractivity contribution is -0.384. The van der Waals surface area contributed by atoms with E-state index in [0.717, 1.165) is 16.9 Å². The third-order valence-corrected chi connectivity index (χ3v) is 3.59. The predicted molar refractivity (Wildman–Crippen MR) is 102 cm³/mol. The molecule has 0 aromatic heterocycles. The van der Waals surface area contributed by atoms with Crippen molar-refractivity contribution in [1.29, 1.82) is 0 Å². The van der Waals surface area contributed by atoms with Crippen LogP contribution in [0.1, 0.15) is 11.1 Å². The maximum atomic E-state index is 10.8. The SMILES string of the molecule is O=[N+]([O-])c1cccc(N/N=C\c2ccc(OCc3ccccc3)cc2)c1. The monoisotopic (exact) mass is 347 g/mol. The number of hydrogen-bond acceptors (Lipinski definition) is 5. The fourth-order valence-electron chi connectivity index (χ4n) is 2.26. The molecule has 3 aromatic rings. The van der Waals surface area contributed by atoms with Crippen LogP contribution in [0.4, 0.5) is 11.4 Å². The van der Waals surface area contributed by atoms with Crippen molar-refractivity contribution in [3.8, 4) is 5.75 Å². The molecule has 0 saturated carbocycles. The van der Waals surface area contributed by atoms with Crippen LogP contribution in [0.3, 0.4) is 0 Å². The molecule has 130 valence electrons. The minimum atomic E-state index is -0.441. The average Bonchev–Trinajstić information content (AvgIpc) is 2.68. The molecule has 0 amide bonds. The Morgan fingerprint density at radius 1 is 1.00 bits per heavy atom. The van der Waals surface area contributed by atoms with Gasteiger partial charge in [0.1, 0.15) is 12.4 Å². The van der Waals surface area contributed by atoms with Crippen LogP contribution in [-0.2, 0) is 6.61 Å². The van der Waals surface area contributed by atoms with Crippen LogP contribution in [0.25, 0.3) is 0 Å². The van der Waals surface area contributed by atoms with E-state index in [4.69, 9.17) is 4.74 Å². The highest BCUT2D eigenvalue weighted by atomic mass is 16.6. The predicted octanol–water partition coefficient (Wildman–Crippen LogP) is 4.62. The molecule has 0 radical (unpaired) electrons. The summed E-state index contributed by atoms with van der Waals surface area (Å²) in [7, 11) is 0. The van der Waals surface area contributed by atoms with Crippen molar-refractivity contribution < 1.29 is 9.66 Å². The molecular weight excluding hydrogens is 330 g/mol. The Hall–Kier alpha value is -3.67. The van der Waals surface area contributed by atoms with Gasteiger partial charge in [-0.3, -0.25) is 15.5 Å². The van der Waals surface area contributed by atoms with Crippen molar-refractivity contribution in [3.05, 3.63) is 100 Å². The number of non-ortho nitro benzene ring substituents is 1. The van der Waals surface area contributed by atoms with Gasteiger partial charge in [-0.25, -0.2) is 0 Å². The van der Waals surface area contributed by atoms with E-state index in [-0.39, 0.29) is 5.69 Å². The lowest BCUT2D eigenvalue weighted by Crippen LogP contribution is -1.95. The van der Waals surface area contributed by atoms with Gasteiger partial charge < -0.3 is 4.74 Å². The molecule has 0 saturated heterocycles. The Bertz CT molecular complexity index is 894. The first-order valence-corrected chi connectivity index (χ1v) is 8.01. The number of ether oxygens (including phenoxy) is 1. The second-order valence-corrected chi connectivity index (χ2v) is 5.52. The molecule has 0 spiro atoms. The molecule has 0 aliphatic rings. The second-order valence-electron chi connectivity index (χ2n) is 5.52. The van der Waals surface area contributed by atoms with E-state index in [1.165, 1.54) is 12.1 Å². The first-order chi connectivity index (χ1) is 12.7. The van der Waals surface area contributed by atoms with E-state index in [1.54, 1.807) is 18.3 Å². The van der Waals surface area contributed by atoms with Crippen molar-refractivity contribution in [2.45, 2.75) is 6.61 Å². The van der Waals surface area contributed by atoms with E-state index in [9.17, 15) is 10.1 Å². The number of nitro groups is 1. The zero-order valence-corrected chi connectivity index (χ0v) is 13.9. The van der Waals surface area contributed by atoms with E-state index >= 15 is 0 Å². The number of nitro benzene ring substituents is 1. The molecule has 6 heteroatoms. The zero-order valence-electron chi connectivity index (χ0n) is 13.9. The number of anilines is 1. The van der Waals surface area contributed by atoms with Gasteiger partial charge in [0.15, 0.2) is 0 Å². The first-order valence-electron chi connectivity index (χ1n) is 8.01. The molecule has 0 aliphatic heterocycles. The number of benzene rings is 3. The Labute approximate surface area is 150 Å². The summed E-state index contributed by atoms with van der Waals surface area (Å²) in [6, 6.07) is 23.7. The van der Waals surface area contributed by atoms with Crippen LogP contribution < -0.4 is 10.2 Å². The van der Waals surface area contributed by atoms with Gasteiger partial charge in [-0.05, 0) is 41.5 Å². The number of hydrogen-bond donors (Lipinski definition) is 1. The summed E-state index contributed by atoms with van der Waals surface area (Å²) in [6.07, 6.45) is 1.64. The minimum absolute atomic E-state index is 0.0186. The fourth-order valence-corrected chi connectivity index (χ4v) is 2.26. The summed E-state index contributed by atoms with van der Waals surface area (Å²) in [4.78, 5) is 10.3. The second kappa shape index (κ2) is 8.43. The molecule has 26 heavy (non-hydrogen) atoms. The third kappa shape index (κ3) is 4.91.